The Labute approximate surface area is 164 Å². The molecule has 27 heavy (non-hydrogen) atoms. The van der Waals surface area contributed by atoms with E-state index in [9.17, 15) is 9.59 Å². The van der Waals surface area contributed by atoms with Gasteiger partial charge in [-0.15, -0.1) is 11.3 Å². The van der Waals surface area contributed by atoms with Crippen molar-refractivity contribution in [3.05, 3.63) is 40.2 Å². The number of benzene rings is 1. The molecule has 5 nitrogen and oxygen atoms in total. The number of thiazole rings is 1. The summed E-state index contributed by atoms with van der Waals surface area (Å²) in [5.74, 6) is -0.202. The van der Waals surface area contributed by atoms with Gasteiger partial charge in [0.25, 0.3) is 0 Å². The lowest BCUT2D eigenvalue weighted by molar-refractivity contribution is -0.132. The molecule has 2 amide bonds. The first-order chi connectivity index (χ1) is 12.7. The fourth-order valence-electron chi connectivity index (χ4n) is 3.34. The van der Waals surface area contributed by atoms with Crippen molar-refractivity contribution in [3.63, 3.8) is 0 Å². The summed E-state index contributed by atoms with van der Waals surface area (Å²) in [6.45, 7) is 9.10. The van der Waals surface area contributed by atoms with Crippen LogP contribution in [-0.4, -0.2) is 40.3 Å². The molecule has 6 heteroatoms. The molecular weight excluding hydrogens is 358 g/mol. The van der Waals surface area contributed by atoms with Crippen molar-refractivity contribution in [3.8, 4) is 11.3 Å². The monoisotopic (exact) mass is 385 g/mol. The van der Waals surface area contributed by atoms with Gasteiger partial charge in [0.2, 0.25) is 11.8 Å². The molecule has 1 aromatic heterocycles. The number of hydrogen-bond donors (Lipinski definition) is 1. The molecule has 1 aliphatic heterocycles. The van der Waals surface area contributed by atoms with E-state index in [1.165, 1.54) is 5.56 Å². The zero-order valence-electron chi connectivity index (χ0n) is 16.4. The molecule has 1 fully saturated rings. The Morgan fingerprint density at radius 3 is 2.56 bits per heavy atom. The Morgan fingerprint density at radius 1 is 1.30 bits per heavy atom. The van der Waals surface area contributed by atoms with Crippen molar-refractivity contribution >= 4 is 23.2 Å². The summed E-state index contributed by atoms with van der Waals surface area (Å²) >= 11 is 1.65. The van der Waals surface area contributed by atoms with Crippen LogP contribution < -0.4 is 5.32 Å². The highest BCUT2D eigenvalue weighted by Gasteiger charge is 2.39. The first-order valence-corrected chi connectivity index (χ1v) is 10.2. The molecule has 2 heterocycles. The number of rotatable bonds is 5. The van der Waals surface area contributed by atoms with Crippen molar-refractivity contribution in [2.45, 2.75) is 46.1 Å². The second kappa shape index (κ2) is 7.80. The van der Waals surface area contributed by atoms with Gasteiger partial charge in [-0.05, 0) is 39.7 Å². The summed E-state index contributed by atoms with van der Waals surface area (Å²) in [7, 11) is 0. The Kier molecular flexibility index (Phi) is 5.65. The zero-order chi connectivity index (χ0) is 19.6. The third-order valence-electron chi connectivity index (χ3n) is 4.89. The summed E-state index contributed by atoms with van der Waals surface area (Å²) in [6, 6.07) is 8.30. The van der Waals surface area contributed by atoms with Gasteiger partial charge in [-0.2, -0.15) is 0 Å². The van der Waals surface area contributed by atoms with Gasteiger partial charge in [-0.3, -0.25) is 9.59 Å². The first kappa shape index (κ1) is 19.5. The molecule has 0 saturated carbocycles. The molecule has 1 atom stereocenters. The van der Waals surface area contributed by atoms with Crippen LogP contribution in [0.25, 0.3) is 11.3 Å². The summed E-state index contributed by atoms with van der Waals surface area (Å²) in [5.41, 5.74) is 3.05. The minimum atomic E-state index is -0.244. The van der Waals surface area contributed by atoms with E-state index in [0.29, 0.717) is 19.5 Å². The predicted octanol–water partition coefficient (Wildman–Crippen LogP) is 3.42. The maximum atomic E-state index is 12.4. The topological polar surface area (TPSA) is 62.3 Å². The summed E-state index contributed by atoms with van der Waals surface area (Å²) in [5, 5.41) is 6.11. The summed E-state index contributed by atoms with van der Waals surface area (Å²) < 4.78 is 0. The van der Waals surface area contributed by atoms with Crippen molar-refractivity contribution in [1.82, 2.24) is 15.2 Å². The minimum Gasteiger partial charge on any atom is -0.355 e. The summed E-state index contributed by atoms with van der Waals surface area (Å²) in [4.78, 5) is 30.8. The van der Waals surface area contributed by atoms with E-state index in [1.54, 1.807) is 16.2 Å². The van der Waals surface area contributed by atoms with E-state index in [-0.39, 0.29) is 23.3 Å². The van der Waals surface area contributed by atoms with Gasteiger partial charge in [0.05, 0.1) is 16.6 Å². The minimum absolute atomic E-state index is 0.0235. The van der Waals surface area contributed by atoms with Crippen molar-refractivity contribution in [2.75, 3.05) is 13.1 Å². The lowest BCUT2D eigenvalue weighted by Gasteiger charge is -2.31. The second-order valence-electron chi connectivity index (χ2n) is 8.07. The zero-order valence-corrected chi connectivity index (χ0v) is 17.2. The van der Waals surface area contributed by atoms with Gasteiger partial charge < -0.3 is 10.2 Å². The number of aryl methyl sites for hydroxylation is 1. The second-order valence-corrected chi connectivity index (χ2v) is 9.13. The Hall–Kier alpha value is -2.21. The van der Waals surface area contributed by atoms with Gasteiger partial charge in [0, 0.05) is 36.0 Å². The predicted molar refractivity (Wildman–Crippen MR) is 109 cm³/mol. The van der Waals surface area contributed by atoms with Crippen LogP contribution in [0.15, 0.2) is 29.6 Å². The smallest absolute Gasteiger partial charge is 0.225 e. The molecule has 1 saturated heterocycles. The van der Waals surface area contributed by atoms with Crippen LogP contribution in [0, 0.1) is 12.8 Å². The molecule has 3 rings (SSSR count). The van der Waals surface area contributed by atoms with Gasteiger partial charge in [0.15, 0.2) is 0 Å². The highest BCUT2D eigenvalue weighted by atomic mass is 32.1. The SMILES string of the molecule is Cc1nc(-c2ccc(CCNC(=O)C3CC(=O)N(C(C)(C)C)C3)cc2)cs1. The van der Waals surface area contributed by atoms with E-state index in [0.717, 1.165) is 22.7 Å². The van der Waals surface area contributed by atoms with Crippen molar-refractivity contribution in [2.24, 2.45) is 5.92 Å². The highest BCUT2D eigenvalue weighted by molar-refractivity contribution is 7.09. The van der Waals surface area contributed by atoms with Crippen LogP contribution in [-0.2, 0) is 16.0 Å². The molecule has 1 N–H and O–H groups in total. The average molecular weight is 386 g/mol. The van der Waals surface area contributed by atoms with Crippen LogP contribution in [0.3, 0.4) is 0 Å². The van der Waals surface area contributed by atoms with E-state index >= 15 is 0 Å². The Balaban J connectivity index is 1.48. The maximum Gasteiger partial charge on any atom is 0.225 e. The van der Waals surface area contributed by atoms with Crippen molar-refractivity contribution < 1.29 is 9.59 Å². The molecule has 1 aromatic carbocycles. The Morgan fingerprint density at radius 2 is 2.00 bits per heavy atom. The molecule has 0 radical (unpaired) electrons. The van der Waals surface area contributed by atoms with Crippen LogP contribution >= 0.6 is 11.3 Å². The molecule has 0 aliphatic carbocycles. The van der Waals surface area contributed by atoms with Gasteiger partial charge in [-0.25, -0.2) is 4.98 Å². The first-order valence-electron chi connectivity index (χ1n) is 9.33. The van der Waals surface area contributed by atoms with Gasteiger partial charge >= 0.3 is 0 Å². The van der Waals surface area contributed by atoms with Gasteiger partial charge in [0.1, 0.15) is 0 Å². The summed E-state index contributed by atoms with van der Waals surface area (Å²) in [6.07, 6.45) is 1.08. The highest BCUT2D eigenvalue weighted by Crippen LogP contribution is 2.26. The molecular formula is C21H27N3O2S. The number of amides is 2. The lowest BCUT2D eigenvalue weighted by Crippen LogP contribution is -2.43. The van der Waals surface area contributed by atoms with Gasteiger partial charge in [-0.1, -0.05) is 24.3 Å². The third-order valence-corrected chi connectivity index (χ3v) is 5.66. The number of hydrogen-bond acceptors (Lipinski definition) is 4. The third kappa shape index (κ3) is 4.75. The number of aromatic nitrogens is 1. The lowest BCUT2D eigenvalue weighted by atomic mass is 10.1. The number of likely N-dealkylation sites (tertiary alicyclic amines) is 1. The number of nitrogens with zero attached hydrogens (tertiary/aromatic N) is 2. The molecule has 2 aromatic rings. The average Bonchev–Trinajstić information content (AvgIpc) is 3.21. The standard InChI is InChI=1S/C21H27N3O2S/c1-14-23-18(13-27-14)16-7-5-15(6-8-16)9-10-22-20(26)17-11-19(25)24(12-17)21(2,3)4/h5-8,13,17H,9-12H2,1-4H3,(H,22,26). The molecule has 0 spiro atoms. The number of carbonyl (C=O) groups is 2. The van der Waals surface area contributed by atoms with Crippen LogP contribution in [0.2, 0.25) is 0 Å². The van der Waals surface area contributed by atoms with Crippen LogP contribution in [0.4, 0.5) is 0 Å². The quantitative estimate of drug-likeness (QED) is 0.858. The van der Waals surface area contributed by atoms with Crippen LogP contribution in [0.5, 0.6) is 0 Å². The molecule has 0 bridgehead atoms. The maximum absolute atomic E-state index is 12.4. The normalized spacial score (nSPS) is 17.4. The Bertz CT molecular complexity index is 821. The van der Waals surface area contributed by atoms with Crippen LogP contribution in [0.1, 0.15) is 37.8 Å². The largest absolute Gasteiger partial charge is 0.355 e. The fraction of sp³-hybridized carbons (Fsp3) is 0.476. The van der Waals surface area contributed by atoms with Crippen molar-refractivity contribution in [1.29, 1.82) is 0 Å². The van der Waals surface area contributed by atoms with E-state index in [1.807, 2.05) is 27.7 Å². The van der Waals surface area contributed by atoms with E-state index < -0.39 is 0 Å². The van der Waals surface area contributed by atoms with E-state index in [2.05, 4.69) is 39.9 Å². The number of carbonyl (C=O) groups excluding carboxylic acids is 2. The molecule has 1 unspecified atom stereocenters. The fourth-order valence-corrected chi connectivity index (χ4v) is 3.97. The van der Waals surface area contributed by atoms with E-state index in [4.69, 9.17) is 0 Å². The molecule has 1 aliphatic rings. The molecule has 144 valence electrons. The number of nitrogens with one attached hydrogen (secondary N) is 1.